The number of ether oxygens (including phenoxy) is 1. The Morgan fingerprint density at radius 1 is 1.50 bits per heavy atom. The molecule has 0 radical (unpaired) electrons. The van der Waals surface area contributed by atoms with Crippen LogP contribution in [-0.4, -0.2) is 17.7 Å². The first-order valence-electron chi connectivity index (χ1n) is 4.36. The van der Waals surface area contributed by atoms with Crippen molar-refractivity contribution in [2.24, 2.45) is 0 Å². The van der Waals surface area contributed by atoms with Crippen LogP contribution in [0.25, 0.3) is 0 Å². The van der Waals surface area contributed by atoms with Crippen LogP contribution in [0, 0.1) is 12.7 Å². The Balaban J connectivity index is 3.10. The quantitative estimate of drug-likeness (QED) is 0.869. The van der Waals surface area contributed by atoms with Gasteiger partial charge in [0, 0.05) is 5.56 Å². The van der Waals surface area contributed by atoms with Gasteiger partial charge in [-0.05, 0) is 24.6 Å². The average molecular weight is 234 g/mol. The minimum atomic E-state index is -3.03. The van der Waals surface area contributed by atoms with Crippen LogP contribution in [-0.2, 0) is 11.2 Å². The molecule has 6 heteroatoms. The zero-order chi connectivity index (χ0) is 12.3. The molecule has 1 rings (SSSR count). The molecule has 0 heterocycles. The van der Waals surface area contributed by atoms with E-state index in [1.54, 1.807) is 0 Å². The van der Waals surface area contributed by atoms with Gasteiger partial charge in [0.25, 0.3) is 0 Å². The van der Waals surface area contributed by atoms with E-state index in [1.807, 2.05) is 0 Å². The number of rotatable bonds is 4. The second-order valence-electron chi connectivity index (χ2n) is 3.10. The number of halogens is 3. The van der Waals surface area contributed by atoms with Gasteiger partial charge in [-0.1, -0.05) is 0 Å². The molecule has 16 heavy (non-hydrogen) atoms. The van der Waals surface area contributed by atoms with Crippen LogP contribution in [0.3, 0.4) is 0 Å². The van der Waals surface area contributed by atoms with E-state index in [9.17, 15) is 18.0 Å². The number of alkyl halides is 2. The number of benzene rings is 1. The minimum absolute atomic E-state index is 0.0719. The predicted molar refractivity (Wildman–Crippen MR) is 49.1 cm³/mol. The van der Waals surface area contributed by atoms with Gasteiger partial charge in [-0.2, -0.15) is 8.78 Å². The molecule has 0 aliphatic rings. The van der Waals surface area contributed by atoms with E-state index in [0.717, 1.165) is 12.1 Å². The third-order valence-corrected chi connectivity index (χ3v) is 2.04. The summed E-state index contributed by atoms with van der Waals surface area (Å²) in [7, 11) is 0. The molecular formula is C10H9F3O3. The molecule has 0 aromatic heterocycles. The van der Waals surface area contributed by atoms with Gasteiger partial charge in [0.15, 0.2) is 0 Å². The van der Waals surface area contributed by atoms with Crippen LogP contribution < -0.4 is 4.74 Å². The van der Waals surface area contributed by atoms with Crippen molar-refractivity contribution >= 4 is 5.97 Å². The highest BCUT2D eigenvalue weighted by molar-refractivity contribution is 5.71. The maximum absolute atomic E-state index is 13.2. The molecule has 0 spiro atoms. The lowest BCUT2D eigenvalue weighted by Gasteiger charge is -2.11. The van der Waals surface area contributed by atoms with Crippen molar-refractivity contribution in [1.82, 2.24) is 0 Å². The summed E-state index contributed by atoms with van der Waals surface area (Å²) in [6.07, 6.45) is -0.571. The molecular weight excluding hydrogens is 225 g/mol. The molecule has 0 atom stereocenters. The molecule has 0 amide bonds. The minimum Gasteiger partial charge on any atom is -0.481 e. The number of carboxylic acid groups (broad SMARTS) is 1. The fraction of sp³-hybridized carbons (Fsp3) is 0.300. The summed E-state index contributed by atoms with van der Waals surface area (Å²) < 4.78 is 41.3. The van der Waals surface area contributed by atoms with Gasteiger partial charge < -0.3 is 9.84 Å². The molecule has 1 aromatic carbocycles. The molecule has 1 N–H and O–H groups in total. The zero-order valence-corrected chi connectivity index (χ0v) is 8.34. The van der Waals surface area contributed by atoms with Crippen LogP contribution in [0.4, 0.5) is 13.2 Å². The third kappa shape index (κ3) is 2.88. The van der Waals surface area contributed by atoms with Crippen molar-refractivity contribution in [2.75, 3.05) is 0 Å². The van der Waals surface area contributed by atoms with Crippen LogP contribution in [0.15, 0.2) is 12.1 Å². The fourth-order valence-corrected chi connectivity index (χ4v) is 1.29. The number of carboxylic acids is 1. The van der Waals surface area contributed by atoms with Crippen molar-refractivity contribution < 1.29 is 27.8 Å². The van der Waals surface area contributed by atoms with E-state index in [4.69, 9.17) is 5.11 Å². The van der Waals surface area contributed by atoms with Gasteiger partial charge >= 0.3 is 12.6 Å². The van der Waals surface area contributed by atoms with Crippen molar-refractivity contribution in [3.63, 3.8) is 0 Å². The summed E-state index contributed by atoms with van der Waals surface area (Å²) in [5.74, 6) is -2.20. The molecule has 0 aliphatic heterocycles. The van der Waals surface area contributed by atoms with Gasteiger partial charge in [0.1, 0.15) is 11.6 Å². The van der Waals surface area contributed by atoms with E-state index < -0.39 is 24.8 Å². The SMILES string of the molecule is Cc1c(OC(F)F)ccc(F)c1CC(=O)O. The Bertz CT molecular complexity index is 405. The van der Waals surface area contributed by atoms with Gasteiger partial charge in [0.2, 0.25) is 0 Å². The standard InChI is InChI=1S/C10H9F3O3/c1-5-6(4-9(14)15)7(11)2-3-8(5)16-10(12)13/h2-3,10H,4H2,1H3,(H,14,15). The molecule has 0 aliphatic carbocycles. The second kappa shape index (κ2) is 4.87. The lowest BCUT2D eigenvalue weighted by Crippen LogP contribution is -2.08. The van der Waals surface area contributed by atoms with E-state index in [1.165, 1.54) is 6.92 Å². The molecule has 1 aromatic rings. The molecule has 0 unspecified atom stereocenters. The van der Waals surface area contributed by atoms with Gasteiger partial charge in [0.05, 0.1) is 6.42 Å². The lowest BCUT2D eigenvalue weighted by molar-refractivity contribution is -0.136. The van der Waals surface area contributed by atoms with Crippen molar-refractivity contribution in [3.05, 3.63) is 29.1 Å². The normalized spacial score (nSPS) is 10.6. The van der Waals surface area contributed by atoms with E-state index >= 15 is 0 Å². The molecule has 0 fully saturated rings. The number of carbonyl (C=O) groups is 1. The van der Waals surface area contributed by atoms with Gasteiger partial charge in [-0.3, -0.25) is 4.79 Å². The van der Waals surface area contributed by atoms with E-state index in [0.29, 0.717) is 0 Å². The highest BCUT2D eigenvalue weighted by Gasteiger charge is 2.16. The summed E-state index contributed by atoms with van der Waals surface area (Å²) in [6.45, 7) is -1.69. The molecule has 0 saturated heterocycles. The largest absolute Gasteiger partial charge is 0.481 e. The van der Waals surface area contributed by atoms with Gasteiger partial charge in [-0.15, -0.1) is 0 Å². The molecule has 3 nitrogen and oxygen atoms in total. The maximum Gasteiger partial charge on any atom is 0.387 e. The third-order valence-electron chi connectivity index (χ3n) is 2.04. The fourth-order valence-electron chi connectivity index (χ4n) is 1.29. The first-order valence-corrected chi connectivity index (χ1v) is 4.36. The Morgan fingerprint density at radius 2 is 2.12 bits per heavy atom. The van der Waals surface area contributed by atoms with Crippen molar-refractivity contribution in [3.8, 4) is 5.75 Å². The average Bonchev–Trinajstić information content (AvgIpc) is 2.16. The highest BCUT2D eigenvalue weighted by atomic mass is 19.3. The number of aliphatic carboxylic acids is 1. The molecule has 88 valence electrons. The molecule has 0 saturated carbocycles. The van der Waals surface area contributed by atoms with Crippen LogP contribution in [0.1, 0.15) is 11.1 Å². The summed E-state index contributed by atoms with van der Waals surface area (Å²) >= 11 is 0. The smallest absolute Gasteiger partial charge is 0.387 e. The monoisotopic (exact) mass is 234 g/mol. The summed E-state index contributed by atoms with van der Waals surface area (Å²) in [4.78, 5) is 10.5. The lowest BCUT2D eigenvalue weighted by atomic mass is 10.0. The van der Waals surface area contributed by atoms with E-state index in [2.05, 4.69) is 4.74 Å². The Morgan fingerprint density at radius 3 is 2.62 bits per heavy atom. The van der Waals surface area contributed by atoms with Crippen LogP contribution in [0.5, 0.6) is 5.75 Å². The summed E-state index contributed by atoms with van der Waals surface area (Å²) in [5, 5.41) is 8.53. The summed E-state index contributed by atoms with van der Waals surface area (Å²) in [6, 6.07) is 1.95. The van der Waals surface area contributed by atoms with Gasteiger partial charge in [-0.25, -0.2) is 4.39 Å². The second-order valence-corrected chi connectivity index (χ2v) is 3.10. The first kappa shape index (κ1) is 12.4. The Kier molecular flexibility index (Phi) is 3.76. The topological polar surface area (TPSA) is 46.5 Å². The predicted octanol–water partition coefficient (Wildman–Crippen LogP) is 2.36. The Labute approximate surface area is 89.5 Å². The van der Waals surface area contributed by atoms with Crippen LogP contribution in [0.2, 0.25) is 0 Å². The zero-order valence-electron chi connectivity index (χ0n) is 8.34. The number of hydrogen-bond acceptors (Lipinski definition) is 2. The Hall–Kier alpha value is -1.72. The molecule has 0 bridgehead atoms. The van der Waals surface area contributed by atoms with Crippen LogP contribution >= 0.6 is 0 Å². The highest BCUT2D eigenvalue weighted by Crippen LogP contribution is 2.25. The number of hydrogen-bond donors (Lipinski definition) is 1. The maximum atomic E-state index is 13.2. The summed E-state index contributed by atoms with van der Waals surface area (Å²) in [5.41, 5.74) is -0.0756. The van der Waals surface area contributed by atoms with Crippen molar-refractivity contribution in [1.29, 1.82) is 0 Å². The van der Waals surface area contributed by atoms with E-state index in [-0.39, 0.29) is 16.9 Å². The first-order chi connectivity index (χ1) is 7.41. The van der Waals surface area contributed by atoms with Crippen molar-refractivity contribution in [2.45, 2.75) is 20.0 Å².